The van der Waals surface area contributed by atoms with Gasteiger partial charge in [0.2, 0.25) is 0 Å². The predicted octanol–water partition coefficient (Wildman–Crippen LogP) is 16.3. The molecular formula is C56H32O2. The van der Waals surface area contributed by atoms with Gasteiger partial charge in [0.25, 0.3) is 0 Å². The van der Waals surface area contributed by atoms with Crippen LogP contribution >= 0.6 is 0 Å². The molecule has 0 bridgehead atoms. The summed E-state index contributed by atoms with van der Waals surface area (Å²) < 4.78 is 12.8. The second kappa shape index (κ2) is 11.9. The molecular weight excluding hydrogens is 705 g/mol. The highest BCUT2D eigenvalue weighted by Crippen LogP contribution is 2.48. The van der Waals surface area contributed by atoms with Crippen molar-refractivity contribution in [1.82, 2.24) is 0 Å². The Morgan fingerprint density at radius 3 is 1.52 bits per heavy atom. The molecule has 0 radical (unpaired) electrons. The van der Waals surface area contributed by atoms with Crippen molar-refractivity contribution in [3.8, 4) is 33.4 Å². The minimum Gasteiger partial charge on any atom is -0.456 e. The van der Waals surface area contributed by atoms with Crippen LogP contribution in [0.25, 0.3) is 131 Å². The number of hydrogen-bond donors (Lipinski definition) is 0. The molecule has 2 aromatic heterocycles. The van der Waals surface area contributed by atoms with Crippen LogP contribution in [0.4, 0.5) is 0 Å². The third kappa shape index (κ3) is 4.43. The van der Waals surface area contributed by atoms with Crippen LogP contribution in [0.5, 0.6) is 0 Å². The minimum atomic E-state index is 0.838. The Balaban J connectivity index is 0.998. The van der Waals surface area contributed by atoms with Gasteiger partial charge in [-0.25, -0.2) is 0 Å². The Bertz CT molecular complexity index is 3800. The van der Waals surface area contributed by atoms with E-state index in [1.807, 2.05) is 18.2 Å². The van der Waals surface area contributed by atoms with Crippen LogP contribution in [0.15, 0.2) is 203 Å². The number of para-hydroxylation sites is 1. The van der Waals surface area contributed by atoms with Gasteiger partial charge in [0, 0.05) is 33.0 Å². The van der Waals surface area contributed by atoms with Gasteiger partial charge in [0.15, 0.2) is 0 Å². The smallest absolute Gasteiger partial charge is 0.143 e. The van der Waals surface area contributed by atoms with E-state index in [9.17, 15) is 0 Å². The fourth-order valence-electron chi connectivity index (χ4n) is 9.87. The maximum Gasteiger partial charge on any atom is 0.143 e. The van der Waals surface area contributed by atoms with Gasteiger partial charge in [0.1, 0.15) is 22.3 Å². The summed E-state index contributed by atoms with van der Waals surface area (Å²) in [4.78, 5) is 0. The lowest BCUT2D eigenvalue weighted by atomic mass is 9.83. The van der Waals surface area contributed by atoms with Gasteiger partial charge < -0.3 is 8.83 Å². The molecule has 0 aliphatic heterocycles. The zero-order chi connectivity index (χ0) is 37.9. The summed E-state index contributed by atoms with van der Waals surface area (Å²) in [7, 11) is 0. The van der Waals surface area contributed by atoms with Crippen LogP contribution in [-0.4, -0.2) is 0 Å². The molecule has 0 aliphatic rings. The fraction of sp³-hybridized carbons (Fsp3) is 0. The molecule has 0 fully saturated rings. The van der Waals surface area contributed by atoms with Gasteiger partial charge in [-0.05, 0) is 112 Å². The normalized spacial score (nSPS) is 12.1. The van der Waals surface area contributed by atoms with Crippen molar-refractivity contribution in [2.24, 2.45) is 0 Å². The highest BCUT2D eigenvalue weighted by molar-refractivity contribution is 6.26. The third-order valence-corrected chi connectivity index (χ3v) is 12.4. The second-order valence-corrected chi connectivity index (χ2v) is 15.5. The molecule has 268 valence electrons. The average Bonchev–Trinajstić information content (AvgIpc) is 3.84. The van der Waals surface area contributed by atoms with E-state index >= 15 is 0 Å². The van der Waals surface area contributed by atoms with Gasteiger partial charge in [0.05, 0.1) is 0 Å². The molecule has 2 nitrogen and oxygen atoms in total. The van der Waals surface area contributed by atoms with Crippen LogP contribution < -0.4 is 0 Å². The van der Waals surface area contributed by atoms with E-state index < -0.39 is 0 Å². The molecule has 0 saturated carbocycles. The van der Waals surface area contributed by atoms with Crippen molar-refractivity contribution in [3.63, 3.8) is 0 Å². The van der Waals surface area contributed by atoms with E-state index in [0.29, 0.717) is 0 Å². The fourth-order valence-corrected chi connectivity index (χ4v) is 9.87. The van der Waals surface area contributed by atoms with Crippen molar-refractivity contribution in [2.45, 2.75) is 0 Å². The van der Waals surface area contributed by atoms with Gasteiger partial charge >= 0.3 is 0 Å². The summed E-state index contributed by atoms with van der Waals surface area (Å²) in [5, 5.41) is 16.7. The number of hydrogen-bond acceptors (Lipinski definition) is 2. The topological polar surface area (TPSA) is 26.3 Å². The molecule has 0 N–H and O–H groups in total. The Labute approximate surface area is 332 Å². The van der Waals surface area contributed by atoms with E-state index in [1.165, 1.54) is 76.5 Å². The molecule has 13 aromatic rings. The van der Waals surface area contributed by atoms with Gasteiger partial charge in [-0.1, -0.05) is 158 Å². The Kier molecular flexibility index (Phi) is 6.47. The summed E-state index contributed by atoms with van der Waals surface area (Å²) in [6, 6.07) is 70.6. The van der Waals surface area contributed by atoms with E-state index in [4.69, 9.17) is 8.83 Å². The largest absolute Gasteiger partial charge is 0.456 e. The standard InChI is InChI=1S/C56H32O2/c1-2-14-36-33(12-1)13-11-22-42(36)54-43-18-5-7-20-45(43)55(46-21-8-6-19-44(46)54)47-29-28-37(39-15-3-4-16-40(39)47)34-24-26-38-35(30-34)25-27-48-50-31-49-41-17-9-10-23-51(41)57-52(49)32-53(50)58-56(38)48/h1-32H. The summed E-state index contributed by atoms with van der Waals surface area (Å²) in [5.74, 6) is 0. The monoisotopic (exact) mass is 736 g/mol. The predicted molar refractivity (Wildman–Crippen MR) is 245 cm³/mol. The Hall–Kier alpha value is -7.68. The molecule has 0 unspecified atom stereocenters. The lowest BCUT2D eigenvalue weighted by Gasteiger charge is -2.20. The van der Waals surface area contributed by atoms with E-state index in [-0.39, 0.29) is 0 Å². The highest BCUT2D eigenvalue weighted by Gasteiger charge is 2.21. The number of fused-ring (bicyclic) bond motifs is 12. The van der Waals surface area contributed by atoms with E-state index in [0.717, 1.165) is 54.6 Å². The average molecular weight is 737 g/mol. The van der Waals surface area contributed by atoms with Crippen molar-refractivity contribution in [2.75, 3.05) is 0 Å². The Morgan fingerprint density at radius 2 is 0.776 bits per heavy atom. The van der Waals surface area contributed by atoms with Crippen LogP contribution in [0.1, 0.15) is 0 Å². The van der Waals surface area contributed by atoms with Crippen LogP contribution in [0.3, 0.4) is 0 Å². The SMILES string of the molecule is c1ccc2c(-c3c4ccccc4c(-c4ccc(-c5ccc6c(ccc7c8cc9c(cc8oc67)oc6ccccc69)c5)c5ccccc45)c4ccccc34)cccc2c1. The zero-order valence-electron chi connectivity index (χ0n) is 31.3. The molecule has 58 heavy (non-hydrogen) atoms. The Morgan fingerprint density at radius 1 is 0.241 bits per heavy atom. The number of rotatable bonds is 3. The van der Waals surface area contributed by atoms with Crippen molar-refractivity contribution in [1.29, 1.82) is 0 Å². The third-order valence-electron chi connectivity index (χ3n) is 12.4. The van der Waals surface area contributed by atoms with E-state index in [2.05, 4.69) is 176 Å². The minimum absolute atomic E-state index is 0.838. The quantitative estimate of drug-likeness (QED) is 0.169. The number of benzene rings is 11. The van der Waals surface area contributed by atoms with Crippen LogP contribution in [0.2, 0.25) is 0 Å². The van der Waals surface area contributed by atoms with Crippen LogP contribution in [0, 0.1) is 0 Å². The van der Waals surface area contributed by atoms with Gasteiger partial charge in [-0.2, -0.15) is 0 Å². The molecule has 2 heteroatoms. The molecule has 0 aliphatic carbocycles. The molecule has 13 rings (SSSR count). The molecule has 0 spiro atoms. The first-order valence-electron chi connectivity index (χ1n) is 19.9. The first kappa shape index (κ1) is 31.5. The summed E-state index contributed by atoms with van der Waals surface area (Å²) in [6.45, 7) is 0. The first-order valence-corrected chi connectivity index (χ1v) is 19.9. The molecule has 0 atom stereocenters. The number of furan rings is 2. The summed E-state index contributed by atoms with van der Waals surface area (Å²) >= 11 is 0. The van der Waals surface area contributed by atoms with E-state index in [1.54, 1.807) is 0 Å². The second-order valence-electron chi connectivity index (χ2n) is 15.5. The van der Waals surface area contributed by atoms with Crippen molar-refractivity contribution < 1.29 is 8.83 Å². The maximum absolute atomic E-state index is 6.62. The first-order chi connectivity index (χ1) is 28.8. The summed E-state index contributed by atoms with van der Waals surface area (Å²) in [6.07, 6.45) is 0. The van der Waals surface area contributed by atoms with Crippen LogP contribution in [-0.2, 0) is 0 Å². The molecule has 11 aromatic carbocycles. The summed E-state index contributed by atoms with van der Waals surface area (Å²) in [5.41, 5.74) is 10.9. The molecule has 0 amide bonds. The lowest BCUT2D eigenvalue weighted by Crippen LogP contribution is -1.93. The lowest BCUT2D eigenvalue weighted by molar-refractivity contribution is 0.658. The highest BCUT2D eigenvalue weighted by atomic mass is 16.3. The molecule has 0 saturated heterocycles. The van der Waals surface area contributed by atoms with Gasteiger partial charge in [-0.3, -0.25) is 0 Å². The van der Waals surface area contributed by atoms with Crippen molar-refractivity contribution in [3.05, 3.63) is 194 Å². The van der Waals surface area contributed by atoms with Crippen molar-refractivity contribution >= 4 is 97.7 Å². The zero-order valence-corrected chi connectivity index (χ0v) is 31.3. The maximum atomic E-state index is 6.62. The van der Waals surface area contributed by atoms with Gasteiger partial charge in [-0.15, -0.1) is 0 Å². The molecule has 2 heterocycles.